The molecule has 1 aliphatic heterocycles. The average molecular weight is 367 g/mol. The van der Waals surface area contributed by atoms with Crippen LogP contribution in [-0.4, -0.2) is 55.7 Å². The van der Waals surface area contributed by atoms with E-state index < -0.39 is 15.3 Å². The summed E-state index contributed by atoms with van der Waals surface area (Å²) in [5.41, 5.74) is 0.447. The normalized spacial score (nSPS) is 22.1. The van der Waals surface area contributed by atoms with Crippen LogP contribution >= 0.6 is 0 Å². The molecular weight excluding hydrogens is 342 g/mol. The quantitative estimate of drug-likeness (QED) is 0.853. The zero-order valence-electron chi connectivity index (χ0n) is 14.5. The van der Waals surface area contributed by atoms with Gasteiger partial charge in [0.1, 0.15) is 0 Å². The highest BCUT2D eigenvalue weighted by Crippen LogP contribution is 2.23. The first-order chi connectivity index (χ1) is 12.0. The third-order valence-corrected chi connectivity index (χ3v) is 6.91. The molecule has 1 aromatic heterocycles. The van der Waals surface area contributed by atoms with Crippen molar-refractivity contribution in [1.29, 1.82) is 0 Å². The van der Waals surface area contributed by atoms with Crippen LogP contribution in [0.3, 0.4) is 0 Å². The summed E-state index contributed by atoms with van der Waals surface area (Å²) in [6.07, 6.45) is 6.71. The van der Waals surface area contributed by atoms with Crippen molar-refractivity contribution in [3.8, 4) is 5.88 Å². The summed E-state index contributed by atoms with van der Waals surface area (Å²) in [5.74, 6) is 0.257. The number of nitrogens with zero attached hydrogens (tertiary/aromatic N) is 2. The highest BCUT2D eigenvalue weighted by atomic mass is 32.2. The van der Waals surface area contributed by atoms with Gasteiger partial charge in [-0.25, -0.2) is 18.1 Å². The van der Waals surface area contributed by atoms with E-state index in [1.807, 2.05) is 0 Å². The largest absolute Gasteiger partial charge is 0.481 e. The number of carbonyl (C=O) groups is 1. The molecule has 1 N–H and O–H groups in total. The number of pyridine rings is 1. The van der Waals surface area contributed by atoms with E-state index in [1.54, 1.807) is 17.0 Å². The molecule has 0 radical (unpaired) electrons. The number of rotatable bonds is 5. The van der Waals surface area contributed by atoms with Crippen LogP contribution in [0.1, 0.15) is 48.9 Å². The molecule has 0 bridgehead atoms. The van der Waals surface area contributed by atoms with E-state index in [0.717, 1.165) is 25.7 Å². The number of carbonyl (C=O) groups excluding carboxylic acids is 1. The van der Waals surface area contributed by atoms with Crippen molar-refractivity contribution in [3.63, 3.8) is 0 Å². The van der Waals surface area contributed by atoms with Crippen LogP contribution in [0.5, 0.6) is 5.88 Å². The van der Waals surface area contributed by atoms with Crippen molar-refractivity contribution in [1.82, 2.24) is 14.6 Å². The third-order valence-electron chi connectivity index (χ3n) is 4.98. The van der Waals surface area contributed by atoms with E-state index in [4.69, 9.17) is 4.74 Å². The highest BCUT2D eigenvalue weighted by molar-refractivity contribution is 7.90. The van der Waals surface area contributed by atoms with Gasteiger partial charge in [-0.2, -0.15) is 0 Å². The molecule has 7 nitrogen and oxygen atoms in total. The van der Waals surface area contributed by atoms with Crippen molar-refractivity contribution < 1.29 is 17.9 Å². The van der Waals surface area contributed by atoms with Crippen LogP contribution in [-0.2, 0) is 10.0 Å². The molecule has 2 aliphatic rings. The summed E-state index contributed by atoms with van der Waals surface area (Å²) in [6.45, 7) is 0.799. The van der Waals surface area contributed by atoms with Gasteiger partial charge >= 0.3 is 0 Å². The molecule has 1 saturated heterocycles. The Morgan fingerprint density at radius 2 is 2.00 bits per heavy atom. The Morgan fingerprint density at radius 3 is 2.64 bits per heavy atom. The predicted octanol–water partition coefficient (Wildman–Crippen LogP) is 1.56. The number of sulfonamides is 1. The lowest BCUT2D eigenvalue weighted by molar-refractivity contribution is 0.0726. The Balaban J connectivity index is 1.66. The molecule has 2 fully saturated rings. The van der Waals surface area contributed by atoms with Gasteiger partial charge in [0.25, 0.3) is 5.91 Å². The molecule has 1 atom stereocenters. The van der Waals surface area contributed by atoms with E-state index in [1.165, 1.54) is 13.3 Å². The molecular formula is C17H25N3O4S. The van der Waals surface area contributed by atoms with Crippen LogP contribution in [0, 0.1) is 0 Å². The van der Waals surface area contributed by atoms with Gasteiger partial charge in [-0.3, -0.25) is 4.79 Å². The Hall–Kier alpha value is -1.67. The molecule has 2 heterocycles. The molecule has 1 aliphatic carbocycles. The first kappa shape index (κ1) is 18.1. The van der Waals surface area contributed by atoms with Gasteiger partial charge in [-0.05, 0) is 31.7 Å². The average Bonchev–Trinajstić information content (AvgIpc) is 3.13. The Morgan fingerprint density at radius 1 is 1.24 bits per heavy atom. The van der Waals surface area contributed by atoms with E-state index in [-0.39, 0.29) is 18.5 Å². The maximum Gasteiger partial charge on any atom is 0.255 e. The van der Waals surface area contributed by atoms with Gasteiger partial charge in [0.2, 0.25) is 15.9 Å². The van der Waals surface area contributed by atoms with E-state index >= 15 is 0 Å². The molecule has 1 saturated carbocycles. The summed E-state index contributed by atoms with van der Waals surface area (Å²) < 4.78 is 33.1. The van der Waals surface area contributed by atoms with Crippen LogP contribution in [0.15, 0.2) is 18.3 Å². The Labute approximate surface area is 148 Å². The summed E-state index contributed by atoms with van der Waals surface area (Å²) in [4.78, 5) is 18.3. The fourth-order valence-corrected chi connectivity index (χ4v) is 5.30. The highest BCUT2D eigenvalue weighted by Gasteiger charge is 2.34. The van der Waals surface area contributed by atoms with Gasteiger partial charge in [0, 0.05) is 31.4 Å². The molecule has 1 amide bonds. The Kier molecular flexibility index (Phi) is 5.58. The smallest absolute Gasteiger partial charge is 0.255 e. The van der Waals surface area contributed by atoms with Crippen LogP contribution in [0.4, 0.5) is 0 Å². The molecule has 0 spiro atoms. The minimum atomic E-state index is -3.41. The minimum Gasteiger partial charge on any atom is -0.481 e. The lowest BCUT2D eigenvalue weighted by Gasteiger charge is -2.33. The number of aromatic nitrogens is 1. The number of hydrogen-bond acceptors (Lipinski definition) is 5. The number of methoxy groups -OCH3 is 1. The second-order valence-corrected chi connectivity index (χ2v) is 8.74. The lowest BCUT2D eigenvalue weighted by atomic mass is 10.1. The van der Waals surface area contributed by atoms with Crippen molar-refractivity contribution in [2.24, 2.45) is 0 Å². The zero-order chi connectivity index (χ0) is 17.9. The van der Waals surface area contributed by atoms with Gasteiger partial charge in [-0.1, -0.05) is 12.8 Å². The summed E-state index contributed by atoms with van der Waals surface area (Å²) in [7, 11) is -1.89. The first-order valence-electron chi connectivity index (χ1n) is 8.80. The first-order valence-corrected chi connectivity index (χ1v) is 10.3. The van der Waals surface area contributed by atoms with E-state index in [0.29, 0.717) is 30.8 Å². The second kappa shape index (κ2) is 7.70. The predicted molar refractivity (Wildman–Crippen MR) is 94.0 cm³/mol. The van der Waals surface area contributed by atoms with E-state index in [9.17, 15) is 13.2 Å². The fourth-order valence-electron chi connectivity index (χ4n) is 3.56. The van der Waals surface area contributed by atoms with Gasteiger partial charge in [-0.15, -0.1) is 0 Å². The lowest BCUT2D eigenvalue weighted by Crippen LogP contribution is -2.49. The minimum absolute atomic E-state index is 0.0573. The number of nitrogens with one attached hydrogen (secondary N) is 1. The number of ether oxygens (including phenoxy) is 1. The number of piperidine rings is 1. The fraction of sp³-hybridized carbons (Fsp3) is 0.647. The van der Waals surface area contributed by atoms with Crippen LogP contribution < -0.4 is 9.46 Å². The summed E-state index contributed by atoms with van der Waals surface area (Å²) in [5, 5.41) is -0.544. The number of hydrogen-bond donors (Lipinski definition) is 1. The van der Waals surface area contributed by atoms with Gasteiger partial charge < -0.3 is 9.64 Å². The summed E-state index contributed by atoms with van der Waals surface area (Å²) >= 11 is 0. The monoisotopic (exact) mass is 367 g/mol. The molecule has 138 valence electrons. The van der Waals surface area contributed by atoms with Crippen molar-refractivity contribution in [2.75, 3.05) is 20.2 Å². The number of amides is 1. The van der Waals surface area contributed by atoms with Crippen molar-refractivity contribution >= 4 is 15.9 Å². The summed E-state index contributed by atoms with van der Waals surface area (Å²) in [6, 6.07) is 3.35. The molecule has 25 heavy (non-hydrogen) atoms. The molecule has 0 aromatic carbocycles. The SMILES string of the molecule is COc1ccc(C(=O)N2CCC[C@@H](S(=O)(=O)NC3CCCC3)C2)cn1. The number of likely N-dealkylation sites (tertiary alicyclic amines) is 1. The van der Waals surface area contributed by atoms with Crippen molar-refractivity contribution in [3.05, 3.63) is 23.9 Å². The molecule has 1 aromatic rings. The maximum absolute atomic E-state index is 12.7. The zero-order valence-corrected chi connectivity index (χ0v) is 15.3. The molecule has 8 heteroatoms. The molecule has 0 unspecified atom stereocenters. The van der Waals surface area contributed by atoms with Crippen LogP contribution in [0.2, 0.25) is 0 Å². The third kappa shape index (κ3) is 4.30. The molecule has 3 rings (SSSR count). The standard InChI is InChI=1S/C17H25N3O4S/c1-24-16-9-8-13(11-18-16)17(21)20-10-4-7-15(12-20)25(22,23)19-14-5-2-3-6-14/h8-9,11,14-15,19H,2-7,10,12H2,1H3/t15-/m1/s1. The topological polar surface area (TPSA) is 88.6 Å². The maximum atomic E-state index is 12.7. The van der Waals surface area contributed by atoms with E-state index in [2.05, 4.69) is 9.71 Å². The van der Waals surface area contributed by atoms with Gasteiger partial charge in [0.05, 0.1) is 17.9 Å². The van der Waals surface area contributed by atoms with Crippen molar-refractivity contribution in [2.45, 2.75) is 49.8 Å². The van der Waals surface area contributed by atoms with Crippen LogP contribution in [0.25, 0.3) is 0 Å². The Bertz CT molecular complexity index is 699. The second-order valence-electron chi connectivity index (χ2n) is 6.75. The van der Waals surface area contributed by atoms with Gasteiger partial charge in [0.15, 0.2) is 0 Å².